The zero-order valence-corrected chi connectivity index (χ0v) is 10.7. The van der Waals surface area contributed by atoms with E-state index in [-0.39, 0.29) is 11.8 Å². The molecule has 0 bridgehead atoms. The van der Waals surface area contributed by atoms with Crippen LogP contribution in [-0.4, -0.2) is 34.7 Å². The molecule has 0 fully saturated rings. The molecule has 6 heteroatoms. The van der Waals surface area contributed by atoms with Gasteiger partial charge in [-0.05, 0) is 12.5 Å². The van der Waals surface area contributed by atoms with Gasteiger partial charge in [-0.3, -0.25) is 14.3 Å². The van der Waals surface area contributed by atoms with Gasteiger partial charge in [0, 0.05) is 44.9 Å². The Hall–Kier alpha value is -1.85. The number of rotatable bonds is 8. The van der Waals surface area contributed by atoms with E-state index in [4.69, 9.17) is 0 Å². The Morgan fingerprint density at radius 2 is 1.89 bits per heavy atom. The summed E-state index contributed by atoms with van der Waals surface area (Å²) >= 11 is 0. The van der Waals surface area contributed by atoms with E-state index in [1.165, 1.54) is 0 Å². The molecule has 0 saturated carbocycles. The van der Waals surface area contributed by atoms with Gasteiger partial charge in [0.05, 0.1) is 0 Å². The van der Waals surface area contributed by atoms with Crippen molar-refractivity contribution in [3.8, 4) is 0 Å². The van der Waals surface area contributed by atoms with E-state index in [1.807, 2.05) is 19.2 Å². The van der Waals surface area contributed by atoms with Crippen molar-refractivity contribution in [2.45, 2.75) is 32.7 Å². The highest BCUT2D eigenvalue weighted by Crippen LogP contribution is 1.89. The average Bonchev–Trinajstić information content (AvgIpc) is 2.87. The predicted octanol–water partition coefficient (Wildman–Crippen LogP) is 0.306. The summed E-state index contributed by atoms with van der Waals surface area (Å²) in [6.07, 6.45) is 5.11. The molecular formula is C12H20N4O2. The molecule has 1 heterocycles. The van der Waals surface area contributed by atoms with E-state index >= 15 is 0 Å². The van der Waals surface area contributed by atoms with Crippen LogP contribution in [0.3, 0.4) is 0 Å². The van der Waals surface area contributed by atoms with Gasteiger partial charge >= 0.3 is 0 Å². The molecule has 1 aromatic rings. The molecule has 0 aliphatic heterocycles. The van der Waals surface area contributed by atoms with Crippen LogP contribution in [0.1, 0.15) is 26.2 Å². The number of hydrogen-bond acceptors (Lipinski definition) is 3. The third-order valence-corrected chi connectivity index (χ3v) is 2.37. The van der Waals surface area contributed by atoms with E-state index < -0.39 is 0 Å². The Balaban J connectivity index is 2.04. The number of nitrogens with zero attached hydrogens (tertiary/aromatic N) is 2. The van der Waals surface area contributed by atoms with Gasteiger partial charge in [-0.15, -0.1) is 0 Å². The largest absolute Gasteiger partial charge is 0.356 e. The van der Waals surface area contributed by atoms with Crippen molar-refractivity contribution in [2.75, 3.05) is 13.1 Å². The van der Waals surface area contributed by atoms with Gasteiger partial charge in [0.15, 0.2) is 0 Å². The molecule has 100 valence electrons. The number of carbonyl (C=O) groups excluding carboxylic acids is 2. The van der Waals surface area contributed by atoms with Crippen LogP contribution in [-0.2, 0) is 16.1 Å². The number of carbonyl (C=O) groups is 2. The van der Waals surface area contributed by atoms with E-state index in [0.29, 0.717) is 32.5 Å². The van der Waals surface area contributed by atoms with Crippen LogP contribution in [0.4, 0.5) is 0 Å². The van der Waals surface area contributed by atoms with Crippen molar-refractivity contribution in [2.24, 2.45) is 0 Å². The lowest BCUT2D eigenvalue weighted by atomic mass is 10.3. The summed E-state index contributed by atoms with van der Waals surface area (Å²) < 4.78 is 1.70. The summed E-state index contributed by atoms with van der Waals surface area (Å²) in [7, 11) is 0. The summed E-state index contributed by atoms with van der Waals surface area (Å²) in [5, 5.41) is 9.47. The quantitative estimate of drug-likeness (QED) is 0.699. The van der Waals surface area contributed by atoms with Crippen molar-refractivity contribution < 1.29 is 9.59 Å². The first kappa shape index (κ1) is 14.2. The molecule has 0 spiro atoms. The molecule has 18 heavy (non-hydrogen) atoms. The van der Waals surface area contributed by atoms with Gasteiger partial charge in [-0.2, -0.15) is 5.10 Å². The number of aryl methyl sites for hydroxylation is 1. The van der Waals surface area contributed by atoms with Crippen LogP contribution in [0.2, 0.25) is 0 Å². The monoisotopic (exact) mass is 252 g/mol. The van der Waals surface area contributed by atoms with E-state index in [0.717, 1.165) is 6.42 Å². The first-order chi connectivity index (χ1) is 8.72. The number of hydrogen-bond donors (Lipinski definition) is 2. The van der Waals surface area contributed by atoms with Gasteiger partial charge in [0.1, 0.15) is 0 Å². The Labute approximate surface area is 107 Å². The van der Waals surface area contributed by atoms with Crippen LogP contribution >= 0.6 is 0 Å². The van der Waals surface area contributed by atoms with Crippen molar-refractivity contribution in [3.05, 3.63) is 18.5 Å². The lowest BCUT2D eigenvalue weighted by Crippen LogP contribution is -2.31. The Morgan fingerprint density at radius 3 is 2.56 bits per heavy atom. The summed E-state index contributed by atoms with van der Waals surface area (Å²) in [5.74, 6) is -0.0852. The minimum atomic E-state index is -0.0613. The second-order valence-electron chi connectivity index (χ2n) is 3.97. The highest BCUT2D eigenvalue weighted by molar-refractivity contribution is 5.78. The molecule has 0 aliphatic carbocycles. The van der Waals surface area contributed by atoms with E-state index in [9.17, 15) is 9.59 Å². The smallest absolute Gasteiger partial charge is 0.221 e. The fraction of sp³-hybridized carbons (Fsp3) is 0.583. The second-order valence-corrected chi connectivity index (χ2v) is 3.97. The minimum absolute atomic E-state index is 0.0239. The normalized spacial score (nSPS) is 10.1. The topological polar surface area (TPSA) is 76.0 Å². The molecular weight excluding hydrogens is 232 g/mol. The minimum Gasteiger partial charge on any atom is -0.356 e. The molecule has 0 aromatic carbocycles. The van der Waals surface area contributed by atoms with Gasteiger partial charge < -0.3 is 10.6 Å². The fourth-order valence-electron chi connectivity index (χ4n) is 1.41. The Kier molecular flexibility index (Phi) is 6.53. The van der Waals surface area contributed by atoms with Crippen molar-refractivity contribution in [3.63, 3.8) is 0 Å². The molecule has 6 nitrogen and oxygen atoms in total. The average molecular weight is 252 g/mol. The van der Waals surface area contributed by atoms with Crippen molar-refractivity contribution in [1.29, 1.82) is 0 Å². The third kappa shape index (κ3) is 6.03. The van der Waals surface area contributed by atoms with Crippen molar-refractivity contribution >= 4 is 11.8 Å². The van der Waals surface area contributed by atoms with Crippen LogP contribution in [0.5, 0.6) is 0 Å². The fourth-order valence-corrected chi connectivity index (χ4v) is 1.41. The molecule has 0 saturated heterocycles. The van der Waals surface area contributed by atoms with Gasteiger partial charge in [-0.1, -0.05) is 6.92 Å². The number of nitrogens with one attached hydrogen (secondary N) is 2. The highest BCUT2D eigenvalue weighted by Gasteiger charge is 2.03. The molecule has 1 rings (SSSR count). The molecule has 0 aliphatic rings. The SMILES string of the molecule is CCCNC(=O)CCNC(=O)CCn1cccn1. The van der Waals surface area contributed by atoms with Gasteiger partial charge in [0.2, 0.25) is 11.8 Å². The molecule has 0 unspecified atom stereocenters. The second kappa shape index (κ2) is 8.27. The highest BCUT2D eigenvalue weighted by atomic mass is 16.2. The summed E-state index contributed by atoms with van der Waals surface area (Å²) in [6, 6.07) is 1.82. The maximum Gasteiger partial charge on any atom is 0.221 e. The zero-order chi connectivity index (χ0) is 13.2. The number of aromatic nitrogens is 2. The zero-order valence-electron chi connectivity index (χ0n) is 10.7. The standard InChI is InChI=1S/C12H20N4O2/c1-2-6-13-11(17)4-8-14-12(18)5-10-16-9-3-7-15-16/h3,7,9H,2,4-6,8,10H2,1H3,(H,13,17)(H,14,18). The molecule has 1 aromatic heterocycles. The molecule has 2 amide bonds. The first-order valence-corrected chi connectivity index (χ1v) is 6.23. The van der Waals surface area contributed by atoms with E-state index in [1.54, 1.807) is 10.9 Å². The maximum atomic E-state index is 11.4. The molecule has 2 N–H and O–H groups in total. The Bertz CT molecular complexity index is 362. The van der Waals surface area contributed by atoms with Crippen LogP contribution in [0.15, 0.2) is 18.5 Å². The summed E-state index contributed by atoms with van der Waals surface area (Å²) in [6.45, 7) is 3.62. The third-order valence-electron chi connectivity index (χ3n) is 2.37. The molecule has 0 atom stereocenters. The van der Waals surface area contributed by atoms with Crippen LogP contribution < -0.4 is 10.6 Å². The molecule has 0 radical (unpaired) electrons. The van der Waals surface area contributed by atoms with E-state index in [2.05, 4.69) is 15.7 Å². The summed E-state index contributed by atoms with van der Waals surface area (Å²) in [5.41, 5.74) is 0. The lowest BCUT2D eigenvalue weighted by Gasteiger charge is -2.06. The van der Waals surface area contributed by atoms with Gasteiger partial charge in [0.25, 0.3) is 0 Å². The first-order valence-electron chi connectivity index (χ1n) is 6.23. The maximum absolute atomic E-state index is 11.4. The van der Waals surface area contributed by atoms with Crippen LogP contribution in [0, 0.1) is 0 Å². The van der Waals surface area contributed by atoms with Crippen LogP contribution in [0.25, 0.3) is 0 Å². The Morgan fingerprint density at radius 1 is 1.17 bits per heavy atom. The predicted molar refractivity (Wildman–Crippen MR) is 67.8 cm³/mol. The lowest BCUT2D eigenvalue weighted by molar-refractivity contribution is -0.122. The van der Waals surface area contributed by atoms with Gasteiger partial charge in [-0.25, -0.2) is 0 Å². The van der Waals surface area contributed by atoms with Crippen molar-refractivity contribution in [1.82, 2.24) is 20.4 Å². The number of amides is 2. The summed E-state index contributed by atoms with van der Waals surface area (Å²) in [4.78, 5) is 22.7.